The lowest BCUT2D eigenvalue weighted by atomic mass is 10.1. The lowest BCUT2D eigenvalue weighted by Gasteiger charge is -2.21. The number of rotatable bonds is 5. The Kier molecular flexibility index (Phi) is 5.02. The molecule has 1 unspecified atom stereocenters. The van der Waals surface area contributed by atoms with E-state index in [0.717, 1.165) is 17.7 Å². The fourth-order valence-electron chi connectivity index (χ4n) is 1.64. The van der Waals surface area contributed by atoms with Gasteiger partial charge in [0, 0.05) is 25.3 Å². The van der Waals surface area contributed by atoms with Crippen LogP contribution in [0.2, 0.25) is 0 Å². The first-order valence-electron chi connectivity index (χ1n) is 5.97. The average Bonchev–Trinajstić information content (AvgIpc) is 2.34. The van der Waals surface area contributed by atoms with Crippen molar-refractivity contribution in [3.05, 3.63) is 29.8 Å². The van der Waals surface area contributed by atoms with E-state index in [-0.39, 0.29) is 12.6 Å². The van der Waals surface area contributed by atoms with E-state index >= 15 is 0 Å². The van der Waals surface area contributed by atoms with Crippen molar-refractivity contribution in [1.82, 2.24) is 0 Å². The van der Waals surface area contributed by atoms with Crippen molar-refractivity contribution in [2.24, 2.45) is 5.73 Å². The highest BCUT2D eigenvalue weighted by atomic mass is 19.4. The Bertz CT molecular complexity index is 359. The Labute approximate surface area is 106 Å². The molecule has 102 valence electrons. The zero-order valence-electron chi connectivity index (χ0n) is 10.7. The number of hydrogen-bond donors (Lipinski definition) is 1. The van der Waals surface area contributed by atoms with Crippen LogP contribution in [0.4, 0.5) is 18.9 Å². The molecule has 18 heavy (non-hydrogen) atoms. The summed E-state index contributed by atoms with van der Waals surface area (Å²) in [5, 5.41) is 0. The molecule has 5 heteroatoms. The van der Waals surface area contributed by atoms with Gasteiger partial charge in [-0.05, 0) is 24.1 Å². The number of benzene rings is 1. The zero-order valence-corrected chi connectivity index (χ0v) is 10.7. The van der Waals surface area contributed by atoms with Crippen molar-refractivity contribution in [3.8, 4) is 0 Å². The highest BCUT2D eigenvalue weighted by molar-refractivity contribution is 5.47. The van der Waals surface area contributed by atoms with Crippen LogP contribution in [0.1, 0.15) is 31.4 Å². The summed E-state index contributed by atoms with van der Waals surface area (Å²) in [6, 6.07) is 7.34. The second-order valence-electron chi connectivity index (χ2n) is 4.39. The summed E-state index contributed by atoms with van der Waals surface area (Å²) in [5.41, 5.74) is 7.65. The zero-order chi connectivity index (χ0) is 13.8. The Morgan fingerprint density at radius 3 is 2.22 bits per heavy atom. The minimum atomic E-state index is -4.11. The maximum atomic E-state index is 12.1. The molecule has 0 radical (unpaired) electrons. The predicted octanol–water partition coefficient (Wildman–Crippen LogP) is 3.49. The van der Waals surface area contributed by atoms with E-state index in [2.05, 4.69) is 0 Å². The van der Waals surface area contributed by atoms with Crippen molar-refractivity contribution < 1.29 is 13.2 Å². The number of halogens is 3. The molecule has 0 bridgehead atoms. The highest BCUT2D eigenvalue weighted by Crippen LogP contribution is 2.23. The molecule has 0 aliphatic carbocycles. The van der Waals surface area contributed by atoms with Gasteiger partial charge in [-0.1, -0.05) is 19.1 Å². The molecule has 0 aliphatic rings. The molecule has 0 aromatic heterocycles. The molecule has 2 nitrogen and oxygen atoms in total. The minimum Gasteiger partial charge on any atom is -0.374 e. The molecule has 2 N–H and O–H groups in total. The fourth-order valence-corrected chi connectivity index (χ4v) is 1.64. The van der Waals surface area contributed by atoms with Crippen LogP contribution < -0.4 is 10.6 Å². The summed E-state index contributed by atoms with van der Waals surface area (Å²) >= 11 is 0. The summed E-state index contributed by atoms with van der Waals surface area (Å²) < 4.78 is 36.3. The van der Waals surface area contributed by atoms with Crippen molar-refractivity contribution in [1.29, 1.82) is 0 Å². The lowest BCUT2D eigenvalue weighted by Crippen LogP contribution is -2.24. The lowest BCUT2D eigenvalue weighted by molar-refractivity contribution is -0.132. The Hall–Kier alpha value is -1.23. The second-order valence-corrected chi connectivity index (χ2v) is 4.39. The van der Waals surface area contributed by atoms with Gasteiger partial charge >= 0.3 is 6.18 Å². The molecule has 0 amide bonds. The van der Waals surface area contributed by atoms with E-state index in [1.807, 2.05) is 19.1 Å². The average molecular weight is 260 g/mol. The van der Waals surface area contributed by atoms with E-state index in [1.165, 1.54) is 0 Å². The van der Waals surface area contributed by atoms with Gasteiger partial charge in [0.1, 0.15) is 0 Å². The molecule has 1 aromatic carbocycles. The normalized spacial score (nSPS) is 13.4. The predicted molar refractivity (Wildman–Crippen MR) is 67.6 cm³/mol. The first-order chi connectivity index (χ1) is 8.33. The van der Waals surface area contributed by atoms with Crippen LogP contribution in [0, 0.1) is 0 Å². The summed E-state index contributed by atoms with van der Waals surface area (Å²) in [5.74, 6) is 0. The van der Waals surface area contributed by atoms with Crippen molar-refractivity contribution in [2.45, 2.75) is 32.0 Å². The first kappa shape index (κ1) is 14.8. The SMILES string of the molecule is CCC(N)c1ccc(N(C)CCC(F)(F)F)cc1. The minimum absolute atomic E-state index is 0.0143. The molecule has 0 saturated carbocycles. The van der Waals surface area contributed by atoms with Crippen molar-refractivity contribution in [3.63, 3.8) is 0 Å². The standard InChI is InChI=1S/C13H19F3N2/c1-3-12(17)10-4-6-11(7-5-10)18(2)9-8-13(14,15)16/h4-7,12H,3,8-9,17H2,1-2H3. The van der Waals surface area contributed by atoms with Gasteiger partial charge in [0.25, 0.3) is 0 Å². The van der Waals surface area contributed by atoms with Gasteiger partial charge < -0.3 is 10.6 Å². The van der Waals surface area contributed by atoms with E-state index in [1.54, 1.807) is 24.1 Å². The Balaban J connectivity index is 2.62. The van der Waals surface area contributed by atoms with Gasteiger partial charge in [-0.2, -0.15) is 13.2 Å². The second kappa shape index (κ2) is 6.09. The number of nitrogens with zero attached hydrogens (tertiary/aromatic N) is 1. The summed E-state index contributed by atoms with van der Waals surface area (Å²) in [7, 11) is 1.65. The van der Waals surface area contributed by atoms with Gasteiger partial charge in [-0.3, -0.25) is 0 Å². The third-order valence-corrected chi connectivity index (χ3v) is 2.93. The van der Waals surface area contributed by atoms with Crippen LogP contribution in [-0.4, -0.2) is 19.8 Å². The molecule has 1 aromatic rings. The van der Waals surface area contributed by atoms with Crippen molar-refractivity contribution in [2.75, 3.05) is 18.5 Å². The maximum Gasteiger partial charge on any atom is 0.390 e. The monoisotopic (exact) mass is 260 g/mol. The molecular weight excluding hydrogens is 241 g/mol. The fraction of sp³-hybridized carbons (Fsp3) is 0.538. The number of anilines is 1. The first-order valence-corrected chi connectivity index (χ1v) is 5.97. The van der Waals surface area contributed by atoms with E-state index in [4.69, 9.17) is 5.73 Å². The van der Waals surface area contributed by atoms with Crippen LogP contribution in [0.5, 0.6) is 0 Å². The Morgan fingerprint density at radius 1 is 1.22 bits per heavy atom. The summed E-state index contributed by atoms with van der Waals surface area (Å²) in [6.07, 6.45) is -4.08. The molecule has 1 rings (SSSR count). The third kappa shape index (κ3) is 4.56. The third-order valence-electron chi connectivity index (χ3n) is 2.93. The van der Waals surface area contributed by atoms with Gasteiger partial charge in [-0.25, -0.2) is 0 Å². The topological polar surface area (TPSA) is 29.3 Å². The maximum absolute atomic E-state index is 12.1. The molecule has 0 fully saturated rings. The highest BCUT2D eigenvalue weighted by Gasteiger charge is 2.27. The van der Waals surface area contributed by atoms with Crippen molar-refractivity contribution >= 4 is 5.69 Å². The molecule has 0 heterocycles. The molecule has 0 saturated heterocycles. The molecule has 0 aliphatic heterocycles. The summed E-state index contributed by atoms with van der Waals surface area (Å²) in [4.78, 5) is 1.59. The largest absolute Gasteiger partial charge is 0.390 e. The smallest absolute Gasteiger partial charge is 0.374 e. The molecule has 1 atom stereocenters. The van der Waals surface area contributed by atoms with Crippen LogP contribution in [0.15, 0.2) is 24.3 Å². The van der Waals surface area contributed by atoms with Crippen LogP contribution in [0.25, 0.3) is 0 Å². The van der Waals surface area contributed by atoms with Crippen LogP contribution in [-0.2, 0) is 0 Å². The number of hydrogen-bond acceptors (Lipinski definition) is 2. The summed E-state index contributed by atoms with van der Waals surface area (Å²) in [6.45, 7) is 1.96. The van der Waals surface area contributed by atoms with E-state index < -0.39 is 12.6 Å². The van der Waals surface area contributed by atoms with Gasteiger partial charge in [0.2, 0.25) is 0 Å². The van der Waals surface area contributed by atoms with Gasteiger partial charge in [0.15, 0.2) is 0 Å². The van der Waals surface area contributed by atoms with Gasteiger partial charge in [0.05, 0.1) is 6.42 Å². The Morgan fingerprint density at radius 2 is 1.78 bits per heavy atom. The van der Waals surface area contributed by atoms with E-state index in [0.29, 0.717) is 0 Å². The van der Waals surface area contributed by atoms with Crippen LogP contribution in [0.3, 0.4) is 0 Å². The molecular formula is C13H19F3N2. The van der Waals surface area contributed by atoms with Gasteiger partial charge in [-0.15, -0.1) is 0 Å². The number of nitrogens with two attached hydrogens (primary N) is 1. The quantitative estimate of drug-likeness (QED) is 0.878. The van der Waals surface area contributed by atoms with Crippen LogP contribution >= 0.6 is 0 Å². The molecule has 0 spiro atoms. The van der Waals surface area contributed by atoms with E-state index in [9.17, 15) is 13.2 Å². The number of alkyl halides is 3.